The van der Waals surface area contributed by atoms with E-state index in [4.69, 9.17) is 16.3 Å². The van der Waals surface area contributed by atoms with Crippen molar-refractivity contribution in [3.05, 3.63) is 82.4 Å². The Kier molecular flexibility index (Phi) is 8.83. The number of carbonyl (C=O) groups is 2. The summed E-state index contributed by atoms with van der Waals surface area (Å²) >= 11 is 6.90. The molecule has 0 bridgehead atoms. The monoisotopic (exact) mass is 537 g/mol. The van der Waals surface area contributed by atoms with Crippen molar-refractivity contribution >= 4 is 47.1 Å². The number of carbonyl (C=O) groups excluding carboxylic acids is 2. The summed E-state index contributed by atoms with van der Waals surface area (Å²) in [5, 5.41) is 16.0. The molecule has 12 heteroatoms. The van der Waals surface area contributed by atoms with Crippen molar-refractivity contribution < 1.29 is 32.6 Å². The maximum atomic E-state index is 12.6. The van der Waals surface area contributed by atoms with Crippen LogP contribution in [0.5, 0.6) is 11.5 Å². The first-order valence-electron chi connectivity index (χ1n) is 10.2. The Morgan fingerprint density at radius 3 is 2.47 bits per heavy atom. The van der Waals surface area contributed by atoms with Crippen molar-refractivity contribution in [1.82, 2.24) is 5.43 Å². The number of thioether (sulfide) groups is 1. The van der Waals surface area contributed by atoms with Gasteiger partial charge in [0, 0.05) is 27.8 Å². The third-order valence-corrected chi connectivity index (χ3v) is 5.96. The Hall–Kier alpha value is -3.70. The molecular formula is C24H19ClF3N3O4S. The summed E-state index contributed by atoms with van der Waals surface area (Å²) < 4.78 is 43.2. The second-order valence-electron chi connectivity index (χ2n) is 7.18. The summed E-state index contributed by atoms with van der Waals surface area (Å²) in [7, 11) is 1.43. The minimum absolute atomic E-state index is 0.00972. The molecule has 0 heterocycles. The van der Waals surface area contributed by atoms with Gasteiger partial charge >= 0.3 is 6.18 Å². The minimum Gasteiger partial charge on any atom is -0.506 e. The maximum absolute atomic E-state index is 12.6. The van der Waals surface area contributed by atoms with Crippen molar-refractivity contribution in [2.45, 2.75) is 11.1 Å². The summed E-state index contributed by atoms with van der Waals surface area (Å²) in [6.07, 6.45) is -3.06. The molecule has 0 saturated carbocycles. The number of phenols is 1. The normalized spacial score (nSPS) is 11.4. The standard InChI is InChI=1S/C24H19ClF3N3O4S/c1-35-21-11-17(30-22(33)13-36-18-7-4-16(5-8-18)24(26,27)28)6-2-15(21)12-29-31-23(34)14-3-9-20(32)19(25)10-14/h2-12,32H,13H2,1H3,(H,30,33)(H,31,34). The molecule has 188 valence electrons. The van der Waals surface area contributed by atoms with E-state index in [0.717, 1.165) is 23.9 Å². The van der Waals surface area contributed by atoms with Crippen LogP contribution in [0.15, 0.2) is 70.7 Å². The third kappa shape index (κ3) is 7.40. The van der Waals surface area contributed by atoms with Crippen molar-refractivity contribution in [2.75, 3.05) is 18.2 Å². The number of aromatic hydroxyl groups is 1. The van der Waals surface area contributed by atoms with Crippen LogP contribution >= 0.6 is 23.4 Å². The first kappa shape index (κ1) is 26.9. The fraction of sp³-hybridized carbons (Fsp3) is 0.125. The van der Waals surface area contributed by atoms with E-state index < -0.39 is 17.6 Å². The number of hydrogen-bond donors (Lipinski definition) is 3. The highest BCUT2D eigenvalue weighted by Gasteiger charge is 2.29. The van der Waals surface area contributed by atoms with Crippen LogP contribution in [0.4, 0.5) is 18.9 Å². The largest absolute Gasteiger partial charge is 0.506 e. The van der Waals surface area contributed by atoms with E-state index in [1.165, 1.54) is 43.7 Å². The van der Waals surface area contributed by atoms with Gasteiger partial charge in [0.25, 0.3) is 5.91 Å². The number of anilines is 1. The van der Waals surface area contributed by atoms with Crippen molar-refractivity contribution in [3.63, 3.8) is 0 Å². The molecule has 0 spiro atoms. The Bertz CT molecular complexity index is 1280. The van der Waals surface area contributed by atoms with Gasteiger partial charge in [0.15, 0.2) is 0 Å². The molecule has 3 aromatic carbocycles. The number of phenolic OH excluding ortho intramolecular Hbond substituents is 1. The van der Waals surface area contributed by atoms with Gasteiger partial charge in [-0.1, -0.05) is 11.6 Å². The van der Waals surface area contributed by atoms with Gasteiger partial charge < -0.3 is 15.2 Å². The first-order valence-corrected chi connectivity index (χ1v) is 11.5. The van der Waals surface area contributed by atoms with Crippen LogP contribution in [0, 0.1) is 0 Å². The molecule has 0 fully saturated rings. The van der Waals surface area contributed by atoms with E-state index in [2.05, 4.69) is 15.8 Å². The van der Waals surface area contributed by atoms with Crippen LogP contribution in [0.1, 0.15) is 21.5 Å². The molecule has 7 nitrogen and oxygen atoms in total. The van der Waals surface area contributed by atoms with Crippen molar-refractivity contribution in [1.29, 1.82) is 0 Å². The van der Waals surface area contributed by atoms with E-state index >= 15 is 0 Å². The second-order valence-corrected chi connectivity index (χ2v) is 8.64. The number of rotatable bonds is 8. The fourth-order valence-corrected chi connectivity index (χ4v) is 3.73. The van der Waals surface area contributed by atoms with Crippen LogP contribution in [-0.2, 0) is 11.0 Å². The molecule has 0 aliphatic heterocycles. The minimum atomic E-state index is -4.41. The third-order valence-electron chi connectivity index (χ3n) is 4.65. The number of nitrogens with one attached hydrogen (secondary N) is 2. The van der Waals surface area contributed by atoms with Gasteiger partial charge in [-0.25, -0.2) is 5.43 Å². The summed E-state index contributed by atoms with van der Waals surface area (Å²) in [4.78, 5) is 25.0. The summed E-state index contributed by atoms with van der Waals surface area (Å²) in [5.74, 6) is -0.685. The number of halogens is 4. The number of hydrogen-bond acceptors (Lipinski definition) is 6. The molecule has 2 amide bonds. The highest BCUT2D eigenvalue weighted by Crippen LogP contribution is 2.31. The zero-order valence-corrected chi connectivity index (χ0v) is 20.2. The zero-order chi connectivity index (χ0) is 26.3. The molecule has 0 atom stereocenters. The van der Waals surface area contributed by atoms with Crippen LogP contribution in [0.3, 0.4) is 0 Å². The Morgan fingerprint density at radius 1 is 1.11 bits per heavy atom. The highest BCUT2D eigenvalue weighted by atomic mass is 35.5. The molecule has 3 rings (SSSR count). The van der Waals surface area contributed by atoms with Gasteiger partial charge in [-0.2, -0.15) is 18.3 Å². The second kappa shape index (κ2) is 11.8. The molecule has 0 saturated heterocycles. The Labute approximate surface area is 213 Å². The lowest BCUT2D eigenvalue weighted by Crippen LogP contribution is -2.17. The summed E-state index contributed by atoms with van der Waals surface area (Å²) in [6, 6.07) is 13.3. The molecule has 0 aliphatic carbocycles. The quantitative estimate of drug-likeness (QED) is 0.198. The molecule has 3 aromatic rings. The summed E-state index contributed by atoms with van der Waals surface area (Å²) in [6.45, 7) is 0. The number of alkyl halides is 3. The van der Waals surface area contributed by atoms with E-state index in [1.54, 1.807) is 18.2 Å². The topological polar surface area (TPSA) is 100 Å². The summed E-state index contributed by atoms with van der Waals surface area (Å²) in [5.41, 5.74) is 2.73. The molecule has 0 radical (unpaired) electrons. The number of methoxy groups -OCH3 is 1. The predicted octanol–water partition coefficient (Wildman–Crippen LogP) is 5.57. The SMILES string of the molecule is COc1cc(NC(=O)CSc2ccc(C(F)(F)F)cc2)ccc1C=NNC(=O)c1ccc(O)c(Cl)c1. The molecule has 3 N–H and O–H groups in total. The van der Waals surface area contributed by atoms with E-state index in [0.29, 0.717) is 21.9 Å². The number of benzene rings is 3. The van der Waals surface area contributed by atoms with Gasteiger partial charge in [-0.3, -0.25) is 9.59 Å². The molecule has 0 aromatic heterocycles. The van der Waals surface area contributed by atoms with Crippen LogP contribution in [0.25, 0.3) is 0 Å². The first-order chi connectivity index (χ1) is 17.1. The molecular weight excluding hydrogens is 519 g/mol. The van der Waals surface area contributed by atoms with Gasteiger partial charge in [-0.05, 0) is 54.6 Å². The van der Waals surface area contributed by atoms with Crippen molar-refractivity contribution in [3.8, 4) is 11.5 Å². The Morgan fingerprint density at radius 2 is 1.83 bits per heavy atom. The lowest BCUT2D eigenvalue weighted by Gasteiger charge is -2.10. The zero-order valence-electron chi connectivity index (χ0n) is 18.6. The number of nitrogens with zero attached hydrogens (tertiary/aromatic N) is 1. The van der Waals surface area contributed by atoms with E-state index in [-0.39, 0.29) is 28.0 Å². The lowest BCUT2D eigenvalue weighted by molar-refractivity contribution is -0.137. The molecule has 0 unspecified atom stereocenters. The Balaban J connectivity index is 1.56. The fourth-order valence-electron chi connectivity index (χ4n) is 2.85. The molecule has 0 aliphatic rings. The maximum Gasteiger partial charge on any atom is 0.416 e. The average Bonchev–Trinajstić information content (AvgIpc) is 2.84. The highest BCUT2D eigenvalue weighted by molar-refractivity contribution is 8.00. The van der Waals surface area contributed by atoms with Gasteiger partial charge in [0.1, 0.15) is 11.5 Å². The van der Waals surface area contributed by atoms with Crippen LogP contribution in [-0.4, -0.2) is 36.0 Å². The van der Waals surface area contributed by atoms with Crippen molar-refractivity contribution in [2.24, 2.45) is 5.10 Å². The van der Waals surface area contributed by atoms with E-state index in [9.17, 15) is 27.9 Å². The van der Waals surface area contributed by atoms with Gasteiger partial charge in [0.05, 0.1) is 29.7 Å². The predicted molar refractivity (Wildman–Crippen MR) is 132 cm³/mol. The molecule has 36 heavy (non-hydrogen) atoms. The average molecular weight is 538 g/mol. The van der Waals surface area contributed by atoms with E-state index in [1.807, 2.05) is 0 Å². The lowest BCUT2D eigenvalue weighted by atomic mass is 10.2. The van der Waals surface area contributed by atoms with Gasteiger partial charge in [-0.15, -0.1) is 11.8 Å². The van der Waals surface area contributed by atoms with Gasteiger partial charge in [0.2, 0.25) is 5.91 Å². The van der Waals surface area contributed by atoms with Crippen LogP contribution in [0.2, 0.25) is 5.02 Å². The number of ether oxygens (including phenoxy) is 1. The number of hydrazone groups is 1. The number of amides is 2. The van der Waals surface area contributed by atoms with Crippen LogP contribution < -0.4 is 15.5 Å². The smallest absolute Gasteiger partial charge is 0.416 e.